The number of nitrogens with one attached hydrogen (secondary N) is 1. The second-order valence-corrected chi connectivity index (χ2v) is 5.58. The van der Waals surface area contributed by atoms with E-state index in [0.717, 1.165) is 36.4 Å². The molecule has 0 aliphatic carbocycles. The molecule has 1 aliphatic heterocycles. The van der Waals surface area contributed by atoms with Gasteiger partial charge in [-0.05, 0) is 25.9 Å². The van der Waals surface area contributed by atoms with E-state index in [4.69, 9.17) is 16.2 Å². The zero-order chi connectivity index (χ0) is 13.9. The minimum absolute atomic E-state index is 0.168. The van der Waals surface area contributed by atoms with Gasteiger partial charge in [0.1, 0.15) is 11.9 Å². The van der Waals surface area contributed by atoms with Crippen molar-refractivity contribution in [3.63, 3.8) is 0 Å². The molecule has 3 heterocycles. The zero-order valence-electron chi connectivity index (χ0n) is 10.9. The molecule has 1 fully saturated rings. The molecule has 2 aromatic rings. The molecule has 7 nitrogen and oxygen atoms in total. The number of piperidine rings is 1. The smallest absolute Gasteiger partial charge is 0.273 e. The number of nitrogens with two attached hydrogens (primary N) is 2. The molecular formula is C12H16N6OS. The van der Waals surface area contributed by atoms with E-state index in [2.05, 4.69) is 20.3 Å². The standard InChI is InChI=1S/C12H16N6OS/c13-10-8(5-16-11(14)18-10)9-6-17-12(20-9)19-7-1-3-15-4-2-7/h5-7,15H,1-4H2,(H4,13,14,16,18). The summed E-state index contributed by atoms with van der Waals surface area (Å²) in [5.74, 6) is 0.525. The summed E-state index contributed by atoms with van der Waals surface area (Å²) in [7, 11) is 0. The summed E-state index contributed by atoms with van der Waals surface area (Å²) in [6.07, 6.45) is 5.57. The normalized spacial score (nSPS) is 16.2. The maximum atomic E-state index is 5.88. The van der Waals surface area contributed by atoms with E-state index in [1.807, 2.05) is 0 Å². The molecule has 1 saturated heterocycles. The number of aromatic nitrogens is 3. The van der Waals surface area contributed by atoms with Crippen molar-refractivity contribution in [2.45, 2.75) is 18.9 Å². The van der Waals surface area contributed by atoms with Gasteiger partial charge in [-0.1, -0.05) is 11.3 Å². The van der Waals surface area contributed by atoms with Crippen LogP contribution < -0.4 is 21.5 Å². The monoisotopic (exact) mass is 292 g/mol. The van der Waals surface area contributed by atoms with Crippen molar-refractivity contribution in [2.75, 3.05) is 24.6 Å². The molecule has 0 bridgehead atoms. The third-order valence-electron chi connectivity index (χ3n) is 3.14. The minimum atomic E-state index is 0.168. The fraction of sp³-hybridized carbons (Fsp3) is 0.417. The van der Waals surface area contributed by atoms with Crippen molar-refractivity contribution in [3.8, 4) is 15.6 Å². The number of thiazole rings is 1. The van der Waals surface area contributed by atoms with Crippen molar-refractivity contribution >= 4 is 23.1 Å². The molecule has 3 rings (SSSR count). The highest BCUT2D eigenvalue weighted by molar-refractivity contribution is 7.16. The predicted molar refractivity (Wildman–Crippen MR) is 78.5 cm³/mol. The summed E-state index contributed by atoms with van der Waals surface area (Å²) in [6, 6.07) is 0. The molecule has 0 atom stereocenters. The van der Waals surface area contributed by atoms with E-state index in [-0.39, 0.29) is 12.1 Å². The average molecular weight is 292 g/mol. The third-order valence-corrected chi connectivity index (χ3v) is 4.06. The van der Waals surface area contributed by atoms with Gasteiger partial charge in [0, 0.05) is 12.4 Å². The van der Waals surface area contributed by atoms with Crippen LogP contribution in [0, 0.1) is 0 Å². The predicted octanol–water partition coefficient (Wildman–Crippen LogP) is 0.895. The molecule has 0 spiro atoms. The van der Waals surface area contributed by atoms with Gasteiger partial charge in [-0.3, -0.25) is 0 Å². The first kappa shape index (κ1) is 13.1. The lowest BCUT2D eigenvalue weighted by atomic mass is 10.1. The van der Waals surface area contributed by atoms with Crippen LogP contribution in [0.25, 0.3) is 10.4 Å². The summed E-state index contributed by atoms with van der Waals surface area (Å²) < 4.78 is 5.88. The molecule has 0 amide bonds. The van der Waals surface area contributed by atoms with Crippen LogP contribution in [0.2, 0.25) is 0 Å². The first-order valence-electron chi connectivity index (χ1n) is 6.44. The Hall–Kier alpha value is -1.93. The second-order valence-electron chi connectivity index (χ2n) is 4.58. The van der Waals surface area contributed by atoms with Gasteiger partial charge < -0.3 is 21.5 Å². The summed E-state index contributed by atoms with van der Waals surface area (Å²) in [4.78, 5) is 13.1. The van der Waals surface area contributed by atoms with Crippen LogP contribution in [-0.2, 0) is 0 Å². The lowest BCUT2D eigenvalue weighted by Gasteiger charge is -2.22. The van der Waals surface area contributed by atoms with Crippen LogP contribution in [0.5, 0.6) is 5.19 Å². The fourth-order valence-corrected chi connectivity index (χ4v) is 2.94. The Bertz CT molecular complexity index is 595. The molecule has 8 heteroatoms. The van der Waals surface area contributed by atoms with Crippen LogP contribution in [0.3, 0.4) is 0 Å². The van der Waals surface area contributed by atoms with Crippen molar-refractivity contribution < 1.29 is 4.74 Å². The molecular weight excluding hydrogens is 276 g/mol. The highest BCUT2D eigenvalue weighted by Gasteiger charge is 2.17. The molecule has 0 radical (unpaired) electrons. The molecule has 5 N–H and O–H groups in total. The van der Waals surface area contributed by atoms with Crippen molar-refractivity contribution in [1.29, 1.82) is 0 Å². The Morgan fingerprint density at radius 3 is 2.75 bits per heavy atom. The Balaban J connectivity index is 1.75. The van der Waals surface area contributed by atoms with Crippen molar-refractivity contribution in [3.05, 3.63) is 12.4 Å². The van der Waals surface area contributed by atoms with Crippen LogP contribution in [0.4, 0.5) is 11.8 Å². The van der Waals surface area contributed by atoms with Gasteiger partial charge in [-0.2, -0.15) is 4.98 Å². The van der Waals surface area contributed by atoms with E-state index in [1.165, 1.54) is 11.3 Å². The molecule has 0 unspecified atom stereocenters. The molecule has 106 valence electrons. The molecule has 0 saturated carbocycles. The number of nitrogens with zero attached hydrogens (tertiary/aromatic N) is 3. The quantitative estimate of drug-likeness (QED) is 0.770. The van der Waals surface area contributed by atoms with Crippen molar-refractivity contribution in [2.24, 2.45) is 0 Å². The summed E-state index contributed by atoms with van der Waals surface area (Å²) in [6.45, 7) is 1.98. The Morgan fingerprint density at radius 1 is 1.20 bits per heavy atom. The highest BCUT2D eigenvalue weighted by atomic mass is 32.1. The van der Waals surface area contributed by atoms with Crippen LogP contribution in [0.1, 0.15) is 12.8 Å². The number of hydrogen-bond donors (Lipinski definition) is 3. The topological polar surface area (TPSA) is 112 Å². The average Bonchev–Trinajstić information content (AvgIpc) is 2.88. The van der Waals surface area contributed by atoms with Gasteiger partial charge in [0.25, 0.3) is 5.19 Å². The lowest BCUT2D eigenvalue weighted by molar-refractivity contribution is 0.162. The van der Waals surface area contributed by atoms with E-state index in [1.54, 1.807) is 12.4 Å². The lowest BCUT2D eigenvalue weighted by Crippen LogP contribution is -2.34. The molecule has 1 aliphatic rings. The van der Waals surface area contributed by atoms with E-state index < -0.39 is 0 Å². The zero-order valence-corrected chi connectivity index (χ0v) is 11.7. The van der Waals surface area contributed by atoms with E-state index in [9.17, 15) is 0 Å². The first-order chi connectivity index (χ1) is 9.72. The number of ether oxygens (including phenoxy) is 1. The summed E-state index contributed by atoms with van der Waals surface area (Å²) in [5, 5.41) is 3.96. The molecule has 0 aromatic carbocycles. The van der Waals surface area contributed by atoms with Gasteiger partial charge >= 0.3 is 0 Å². The van der Waals surface area contributed by atoms with Crippen LogP contribution >= 0.6 is 11.3 Å². The van der Waals surface area contributed by atoms with Gasteiger partial charge in [-0.25, -0.2) is 9.97 Å². The first-order valence-corrected chi connectivity index (χ1v) is 7.25. The minimum Gasteiger partial charge on any atom is -0.467 e. The maximum absolute atomic E-state index is 5.88. The van der Waals surface area contributed by atoms with Gasteiger partial charge in [0.15, 0.2) is 0 Å². The molecule has 20 heavy (non-hydrogen) atoms. The van der Waals surface area contributed by atoms with E-state index >= 15 is 0 Å². The van der Waals surface area contributed by atoms with E-state index in [0.29, 0.717) is 11.0 Å². The Labute approximate surface area is 120 Å². The number of anilines is 2. The van der Waals surface area contributed by atoms with Crippen molar-refractivity contribution in [1.82, 2.24) is 20.3 Å². The number of nitrogen functional groups attached to an aromatic ring is 2. The van der Waals surface area contributed by atoms with Gasteiger partial charge in [0.2, 0.25) is 5.95 Å². The SMILES string of the molecule is Nc1ncc(-c2cnc(OC3CCNCC3)s2)c(N)n1. The number of hydrogen-bond acceptors (Lipinski definition) is 8. The Morgan fingerprint density at radius 2 is 2.00 bits per heavy atom. The maximum Gasteiger partial charge on any atom is 0.273 e. The summed E-state index contributed by atoms with van der Waals surface area (Å²) in [5.41, 5.74) is 12.1. The second kappa shape index (κ2) is 5.59. The van der Waals surface area contributed by atoms with Gasteiger partial charge in [0.05, 0.1) is 10.4 Å². The highest BCUT2D eigenvalue weighted by Crippen LogP contribution is 2.33. The number of rotatable bonds is 3. The third kappa shape index (κ3) is 2.81. The fourth-order valence-electron chi connectivity index (χ4n) is 2.09. The Kier molecular flexibility index (Phi) is 3.66. The molecule has 2 aromatic heterocycles. The largest absolute Gasteiger partial charge is 0.467 e. The van der Waals surface area contributed by atoms with Gasteiger partial charge in [-0.15, -0.1) is 0 Å². The van der Waals surface area contributed by atoms with Crippen LogP contribution in [0.15, 0.2) is 12.4 Å². The van der Waals surface area contributed by atoms with Crippen LogP contribution in [-0.4, -0.2) is 34.1 Å². The summed E-state index contributed by atoms with van der Waals surface area (Å²) >= 11 is 1.45.